The Hall–Kier alpha value is -3.49. The first-order valence-corrected chi connectivity index (χ1v) is 11.3. The molecule has 0 unspecified atom stereocenters. The van der Waals surface area contributed by atoms with Gasteiger partial charge in [-0.2, -0.15) is 4.39 Å². The van der Waals surface area contributed by atoms with Gasteiger partial charge in [-0.15, -0.1) is 0 Å². The molecule has 1 aliphatic rings. The highest BCUT2D eigenvalue weighted by Gasteiger charge is 2.28. The van der Waals surface area contributed by atoms with Crippen LogP contribution in [0.25, 0.3) is 0 Å². The lowest BCUT2D eigenvalue weighted by Gasteiger charge is -2.27. The second-order valence-corrected chi connectivity index (χ2v) is 8.23. The third-order valence-corrected chi connectivity index (χ3v) is 5.93. The summed E-state index contributed by atoms with van der Waals surface area (Å²) >= 11 is 0. The fourth-order valence-electron chi connectivity index (χ4n) is 3.85. The van der Waals surface area contributed by atoms with Crippen LogP contribution in [-0.4, -0.2) is 42.1 Å². The number of amides is 2. The van der Waals surface area contributed by atoms with Crippen LogP contribution in [0.15, 0.2) is 36.4 Å². The molecule has 2 amide bonds. The summed E-state index contributed by atoms with van der Waals surface area (Å²) in [6.07, 6.45) is 2.12. The predicted molar refractivity (Wildman–Crippen MR) is 121 cm³/mol. The molecular formula is C25H28F2N2O5. The number of aryl methyl sites for hydroxylation is 1. The average molecular weight is 475 g/mol. The predicted octanol–water partition coefficient (Wildman–Crippen LogP) is 3.71. The molecule has 0 radical (unpaired) electrons. The van der Waals surface area contributed by atoms with Gasteiger partial charge < -0.3 is 20.5 Å². The van der Waals surface area contributed by atoms with Crippen molar-refractivity contribution in [2.45, 2.75) is 45.1 Å². The Labute approximate surface area is 196 Å². The Morgan fingerprint density at radius 3 is 2.12 bits per heavy atom. The summed E-state index contributed by atoms with van der Waals surface area (Å²) in [4.78, 5) is 35.4. The zero-order valence-corrected chi connectivity index (χ0v) is 18.9. The summed E-state index contributed by atoms with van der Waals surface area (Å²) in [7, 11) is 0. The smallest absolute Gasteiger partial charge is 0.306 e. The summed E-state index contributed by atoms with van der Waals surface area (Å²) in [6, 6.07) is 9.49. The molecule has 9 heteroatoms. The third-order valence-electron chi connectivity index (χ3n) is 5.93. The zero-order valence-electron chi connectivity index (χ0n) is 18.9. The molecule has 1 saturated carbocycles. The number of carbonyl (C=O) groups excluding carboxylic acids is 2. The van der Waals surface area contributed by atoms with E-state index in [1.54, 1.807) is 12.1 Å². The van der Waals surface area contributed by atoms with Crippen LogP contribution in [0.3, 0.4) is 0 Å². The highest BCUT2D eigenvalue weighted by molar-refractivity contribution is 5.95. The van der Waals surface area contributed by atoms with E-state index in [0.29, 0.717) is 31.2 Å². The summed E-state index contributed by atoms with van der Waals surface area (Å²) in [5, 5.41) is 14.2. The minimum atomic E-state index is -1.32. The fraction of sp³-hybridized carbons (Fsp3) is 0.400. The molecular weight excluding hydrogens is 446 g/mol. The Kier molecular flexibility index (Phi) is 8.56. The maximum absolute atomic E-state index is 14.5. The summed E-state index contributed by atoms with van der Waals surface area (Å²) in [5.74, 6) is -5.32. The monoisotopic (exact) mass is 474 g/mol. The second kappa shape index (κ2) is 11.6. The first-order chi connectivity index (χ1) is 16.3. The number of carboxylic acids is 1. The average Bonchev–Trinajstić information content (AvgIpc) is 2.85. The Morgan fingerprint density at radius 2 is 1.53 bits per heavy atom. The van der Waals surface area contributed by atoms with Crippen molar-refractivity contribution in [3.63, 3.8) is 0 Å². The van der Waals surface area contributed by atoms with Crippen molar-refractivity contribution >= 4 is 17.8 Å². The van der Waals surface area contributed by atoms with E-state index in [9.17, 15) is 23.2 Å². The molecule has 1 fully saturated rings. The van der Waals surface area contributed by atoms with Gasteiger partial charge in [0.2, 0.25) is 5.82 Å². The lowest BCUT2D eigenvalue weighted by Crippen LogP contribution is -2.35. The standard InChI is InChI=1S/C25H28F2N2O5/c1-2-15-3-5-16(6-4-15)23(30)28-13-14-29-24(31)19-11-12-20(22(27)21(19)26)34-18-9-7-17(8-10-18)25(32)33/h3-6,11-12,17-18H,2,7-10,13-14H2,1H3,(H,28,30)(H,29,31)(H,32,33)/t17-,18+. The number of nitrogens with one attached hydrogen (secondary N) is 2. The van der Waals surface area contributed by atoms with Gasteiger partial charge in [0.1, 0.15) is 0 Å². The van der Waals surface area contributed by atoms with Gasteiger partial charge >= 0.3 is 5.97 Å². The SMILES string of the molecule is CCc1ccc(C(=O)NCCNC(=O)c2ccc(O[C@H]3CC[C@@H](C(=O)O)CC3)c(F)c2F)cc1. The van der Waals surface area contributed by atoms with E-state index in [1.165, 1.54) is 6.07 Å². The molecule has 34 heavy (non-hydrogen) atoms. The number of rotatable bonds is 9. The fourth-order valence-corrected chi connectivity index (χ4v) is 3.85. The van der Waals surface area contributed by atoms with Gasteiger partial charge in [0, 0.05) is 18.7 Å². The molecule has 0 aromatic heterocycles. The van der Waals surface area contributed by atoms with Gasteiger partial charge in [-0.25, -0.2) is 4.39 Å². The van der Waals surface area contributed by atoms with Crippen molar-refractivity contribution in [3.05, 3.63) is 64.7 Å². The van der Waals surface area contributed by atoms with Crippen LogP contribution in [0.4, 0.5) is 8.78 Å². The van der Waals surface area contributed by atoms with Crippen molar-refractivity contribution in [3.8, 4) is 5.75 Å². The normalized spacial score (nSPS) is 17.6. The topological polar surface area (TPSA) is 105 Å². The van der Waals surface area contributed by atoms with Crippen molar-refractivity contribution in [1.82, 2.24) is 10.6 Å². The molecule has 0 aliphatic heterocycles. The number of ether oxygens (including phenoxy) is 1. The quantitative estimate of drug-likeness (QED) is 0.481. The number of halogens is 2. The van der Waals surface area contributed by atoms with E-state index < -0.39 is 41.1 Å². The van der Waals surface area contributed by atoms with Crippen LogP contribution < -0.4 is 15.4 Å². The van der Waals surface area contributed by atoms with Crippen LogP contribution in [0.1, 0.15) is 58.9 Å². The Bertz CT molecular complexity index is 1030. The molecule has 1 aliphatic carbocycles. The van der Waals surface area contributed by atoms with Gasteiger partial charge in [0.15, 0.2) is 11.6 Å². The maximum Gasteiger partial charge on any atom is 0.306 e. The van der Waals surface area contributed by atoms with Gasteiger partial charge in [-0.3, -0.25) is 14.4 Å². The second-order valence-electron chi connectivity index (χ2n) is 8.23. The molecule has 182 valence electrons. The Morgan fingerprint density at radius 1 is 0.912 bits per heavy atom. The van der Waals surface area contributed by atoms with E-state index in [-0.39, 0.29) is 24.7 Å². The number of benzene rings is 2. The van der Waals surface area contributed by atoms with Gasteiger partial charge in [-0.05, 0) is 61.9 Å². The molecule has 2 aromatic rings. The van der Waals surface area contributed by atoms with Gasteiger partial charge in [-0.1, -0.05) is 19.1 Å². The number of aliphatic carboxylic acids is 1. The van der Waals surface area contributed by atoms with Crippen LogP contribution >= 0.6 is 0 Å². The summed E-state index contributed by atoms with van der Waals surface area (Å²) in [5.41, 5.74) is 1.13. The first kappa shape index (κ1) is 25.1. The van der Waals surface area contributed by atoms with Crippen molar-refractivity contribution in [2.75, 3.05) is 13.1 Å². The number of hydrogen-bond acceptors (Lipinski definition) is 4. The van der Waals surface area contributed by atoms with E-state index in [0.717, 1.165) is 18.1 Å². The molecule has 0 heterocycles. The van der Waals surface area contributed by atoms with Crippen LogP contribution in [0.2, 0.25) is 0 Å². The van der Waals surface area contributed by atoms with E-state index in [1.807, 2.05) is 19.1 Å². The minimum Gasteiger partial charge on any atom is -0.487 e. The molecule has 0 spiro atoms. The number of hydrogen-bond donors (Lipinski definition) is 3. The molecule has 0 atom stereocenters. The van der Waals surface area contributed by atoms with Crippen LogP contribution in [0.5, 0.6) is 5.75 Å². The minimum absolute atomic E-state index is 0.0315. The van der Waals surface area contributed by atoms with E-state index >= 15 is 0 Å². The van der Waals surface area contributed by atoms with Crippen LogP contribution in [-0.2, 0) is 11.2 Å². The first-order valence-electron chi connectivity index (χ1n) is 11.3. The van der Waals surface area contributed by atoms with Crippen LogP contribution in [0, 0.1) is 17.6 Å². The van der Waals surface area contributed by atoms with E-state index in [2.05, 4.69) is 10.6 Å². The largest absolute Gasteiger partial charge is 0.487 e. The summed E-state index contributed by atoms with van der Waals surface area (Å²) < 4.78 is 34.5. The number of carboxylic acid groups (broad SMARTS) is 1. The maximum atomic E-state index is 14.5. The lowest BCUT2D eigenvalue weighted by molar-refractivity contribution is -0.143. The molecule has 0 saturated heterocycles. The molecule has 0 bridgehead atoms. The number of carbonyl (C=O) groups is 3. The Balaban J connectivity index is 1.48. The zero-order chi connectivity index (χ0) is 24.7. The molecule has 7 nitrogen and oxygen atoms in total. The van der Waals surface area contributed by atoms with E-state index in [4.69, 9.17) is 9.84 Å². The third kappa shape index (κ3) is 6.30. The highest BCUT2D eigenvalue weighted by Crippen LogP contribution is 2.30. The summed E-state index contributed by atoms with van der Waals surface area (Å²) in [6.45, 7) is 2.16. The highest BCUT2D eigenvalue weighted by atomic mass is 19.2. The molecule has 3 rings (SSSR count). The lowest BCUT2D eigenvalue weighted by atomic mass is 9.87. The van der Waals surface area contributed by atoms with Crippen molar-refractivity contribution in [2.24, 2.45) is 5.92 Å². The molecule has 2 aromatic carbocycles. The molecule has 3 N–H and O–H groups in total. The van der Waals surface area contributed by atoms with Gasteiger partial charge in [0.05, 0.1) is 17.6 Å². The van der Waals surface area contributed by atoms with Crippen molar-refractivity contribution < 1.29 is 33.0 Å². The van der Waals surface area contributed by atoms with Crippen molar-refractivity contribution in [1.29, 1.82) is 0 Å². The van der Waals surface area contributed by atoms with Gasteiger partial charge in [0.25, 0.3) is 11.8 Å².